The van der Waals surface area contributed by atoms with E-state index in [0.29, 0.717) is 11.3 Å². The summed E-state index contributed by atoms with van der Waals surface area (Å²) in [6.45, 7) is 1.50. The van der Waals surface area contributed by atoms with Crippen molar-refractivity contribution in [1.29, 1.82) is 0 Å². The van der Waals surface area contributed by atoms with Crippen LogP contribution in [-0.4, -0.2) is 21.7 Å². The van der Waals surface area contributed by atoms with Gasteiger partial charge in [-0.25, -0.2) is 9.78 Å². The van der Waals surface area contributed by atoms with Gasteiger partial charge in [0.05, 0.1) is 11.2 Å². The van der Waals surface area contributed by atoms with E-state index >= 15 is 0 Å². The smallest absolute Gasteiger partial charge is 0.355 e. The standard InChI is InChI=1S/C21H16N2O3/c1-13(24)14-10-19(22-11-14)21(25)26-12-20-17-8-3-2-6-15(17)16-7-4-5-9-18(16)23-20/h2-11,22H,12H2,1H3. The molecule has 0 fully saturated rings. The van der Waals surface area contributed by atoms with Crippen LogP contribution in [0.3, 0.4) is 0 Å². The van der Waals surface area contributed by atoms with E-state index in [9.17, 15) is 9.59 Å². The lowest BCUT2D eigenvalue weighted by Crippen LogP contribution is -2.07. The molecule has 0 aliphatic rings. The Kier molecular flexibility index (Phi) is 3.97. The highest BCUT2D eigenvalue weighted by Gasteiger charge is 2.14. The van der Waals surface area contributed by atoms with Crippen LogP contribution in [0.1, 0.15) is 33.5 Å². The van der Waals surface area contributed by atoms with Crippen molar-refractivity contribution in [3.8, 4) is 0 Å². The van der Waals surface area contributed by atoms with E-state index in [2.05, 4.69) is 9.97 Å². The molecule has 0 atom stereocenters. The Morgan fingerprint density at radius 3 is 2.42 bits per heavy atom. The van der Waals surface area contributed by atoms with Crippen LogP contribution in [0.4, 0.5) is 0 Å². The Bertz CT molecular complexity index is 1140. The van der Waals surface area contributed by atoms with Crippen LogP contribution in [0, 0.1) is 0 Å². The van der Waals surface area contributed by atoms with Crippen molar-refractivity contribution in [2.45, 2.75) is 13.5 Å². The normalized spacial score (nSPS) is 11.0. The molecule has 0 saturated heterocycles. The highest BCUT2D eigenvalue weighted by molar-refractivity contribution is 6.06. The SMILES string of the molecule is CC(=O)c1c[nH]c(C(=O)OCc2nc3ccccc3c3ccccc23)c1. The maximum absolute atomic E-state index is 12.3. The van der Waals surface area contributed by atoms with Gasteiger partial charge in [0.2, 0.25) is 0 Å². The summed E-state index contributed by atoms with van der Waals surface area (Å²) in [6, 6.07) is 17.3. The minimum Gasteiger partial charge on any atom is -0.454 e. The van der Waals surface area contributed by atoms with Gasteiger partial charge in [0.15, 0.2) is 5.78 Å². The maximum atomic E-state index is 12.3. The Balaban J connectivity index is 1.65. The molecule has 5 heteroatoms. The summed E-state index contributed by atoms with van der Waals surface area (Å²) in [6.07, 6.45) is 1.50. The van der Waals surface area contributed by atoms with Crippen molar-refractivity contribution < 1.29 is 14.3 Å². The third-order valence-electron chi connectivity index (χ3n) is 4.34. The number of fused-ring (bicyclic) bond motifs is 3. The summed E-state index contributed by atoms with van der Waals surface area (Å²) >= 11 is 0. The number of carbonyl (C=O) groups excluding carboxylic acids is 2. The number of benzene rings is 2. The van der Waals surface area contributed by atoms with Gasteiger partial charge in [-0.05, 0) is 24.4 Å². The number of rotatable bonds is 4. The summed E-state index contributed by atoms with van der Waals surface area (Å²) in [7, 11) is 0. The minimum absolute atomic E-state index is 0.0542. The minimum atomic E-state index is -0.517. The average molecular weight is 344 g/mol. The van der Waals surface area contributed by atoms with Crippen molar-refractivity contribution in [2.75, 3.05) is 0 Å². The van der Waals surface area contributed by atoms with Crippen LogP contribution < -0.4 is 0 Å². The van der Waals surface area contributed by atoms with Gasteiger partial charge < -0.3 is 9.72 Å². The largest absolute Gasteiger partial charge is 0.454 e. The third-order valence-corrected chi connectivity index (χ3v) is 4.34. The van der Waals surface area contributed by atoms with Crippen LogP contribution in [0.5, 0.6) is 0 Å². The Morgan fingerprint density at radius 2 is 1.69 bits per heavy atom. The number of para-hydroxylation sites is 1. The second kappa shape index (κ2) is 6.44. The van der Waals surface area contributed by atoms with Crippen molar-refractivity contribution >= 4 is 33.4 Å². The van der Waals surface area contributed by atoms with Crippen LogP contribution in [-0.2, 0) is 11.3 Å². The average Bonchev–Trinajstić information content (AvgIpc) is 3.16. The quantitative estimate of drug-likeness (QED) is 0.341. The number of Topliss-reactive ketones (excluding diaryl/α,β-unsaturated/α-hetero) is 1. The summed E-state index contributed by atoms with van der Waals surface area (Å²) in [5.41, 5.74) is 2.26. The zero-order chi connectivity index (χ0) is 18.1. The summed E-state index contributed by atoms with van der Waals surface area (Å²) in [5, 5.41) is 3.09. The van der Waals surface area contributed by atoms with Crippen molar-refractivity contribution in [2.24, 2.45) is 0 Å². The van der Waals surface area contributed by atoms with E-state index < -0.39 is 5.97 Å². The van der Waals surface area contributed by atoms with E-state index in [4.69, 9.17) is 4.74 Å². The van der Waals surface area contributed by atoms with Crippen molar-refractivity contribution in [3.05, 3.63) is 77.7 Å². The van der Waals surface area contributed by atoms with Crippen molar-refractivity contribution in [1.82, 2.24) is 9.97 Å². The molecule has 0 aliphatic carbocycles. The van der Waals surface area contributed by atoms with Gasteiger partial charge in [0, 0.05) is 22.5 Å². The van der Waals surface area contributed by atoms with Gasteiger partial charge in [-0.15, -0.1) is 0 Å². The highest BCUT2D eigenvalue weighted by Crippen LogP contribution is 2.26. The zero-order valence-corrected chi connectivity index (χ0v) is 14.2. The number of H-pyrrole nitrogens is 1. The molecule has 2 heterocycles. The molecule has 0 bridgehead atoms. The maximum Gasteiger partial charge on any atom is 0.355 e. The number of hydrogen-bond donors (Lipinski definition) is 1. The Hall–Kier alpha value is -3.47. The molecule has 2 aromatic heterocycles. The first-order valence-corrected chi connectivity index (χ1v) is 8.26. The summed E-state index contributed by atoms with van der Waals surface area (Å²) in [4.78, 5) is 31.0. The first kappa shape index (κ1) is 16.0. The van der Waals surface area contributed by atoms with E-state index in [1.807, 2.05) is 48.5 Å². The van der Waals surface area contributed by atoms with Crippen LogP contribution in [0.2, 0.25) is 0 Å². The second-order valence-electron chi connectivity index (χ2n) is 6.06. The third kappa shape index (κ3) is 2.84. The monoisotopic (exact) mass is 344 g/mol. The van der Waals surface area contributed by atoms with Gasteiger partial charge in [-0.3, -0.25) is 4.79 Å². The van der Waals surface area contributed by atoms with Crippen LogP contribution in [0.15, 0.2) is 60.8 Å². The number of aromatic amines is 1. The lowest BCUT2D eigenvalue weighted by molar-refractivity contribution is 0.0464. The molecule has 0 unspecified atom stereocenters. The molecule has 0 aliphatic heterocycles. The molecule has 0 saturated carbocycles. The number of esters is 1. The number of aromatic nitrogens is 2. The van der Waals surface area contributed by atoms with E-state index in [1.54, 1.807) is 0 Å². The molecule has 0 amide bonds. The van der Waals surface area contributed by atoms with Gasteiger partial charge in [0.1, 0.15) is 12.3 Å². The number of carbonyl (C=O) groups is 2. The molecule has 5 nitrogen and oxygen atoms in total. The first-order valence-electron chi connectivity index (χ1n) is 8.26. The van der Waals surface area contributed by atoms with Gasteiger partial charge in [0.25, 0.3) is 0 Å². The Labute approximate surface area is 149 Å². The fraction of sp³-hybridized carbons (Fsp3) is 0.0952. The number of pyridine rings is 1. The highest BCUT2D eigenvalue weighted by atomic mass is 16.5. The van der Waals surface area contributed by atoms with E-state index in [0.717, 1.165) is 21.7 Å². The molecule has 1 N–H and O–H groups in total. The zero-order valence-electron chi connectivity index (χ0n) is 14.2. The Morgan fingerprint density at radius 1 is 1.00 bits per heavy atom. The fourth-order valence-electron chi connectivity index (χ4n) is 3.01. The molecule has 4 rings (SSSR count). The number of hydrogen-bond acceptors (Lipinski definition) is 4. The molecule has 4 aromatic rings. The van der Waals surface area contributed by atoms with Crippen LogP contribution >= 0.6 is 0 Å². The van der Waals surface area contributed by atoms with Gasteiger partial charge >= 0.3 is 5.97 Å². The molecule has 2 aromatic carbocycles. The number of nitrogens with zero attached hydrogens (tertiary/aromatic N) is 1. The molecular formula is C21H16N2O3. The molecule has 26 heavy (non-hydrogen) atoms. The second-order valence-corrected chi connectivity index (χ2v) is 6.06. The predicted molar refractivity (Wildman–Crippen MR) is 99.2 cm³/mol. The molecule has 0 spiro atoms. The number of ether oxygens (including phenoxy) is 1. The predicted octanol–water partition coefficient (Wildman–Crippen LogP) is 4.28. The number of nitrogens with one attached hydrogen (secondary N) is 1. The number of ketones is 1. The van der Waals surface area contributed by atoms with Gasteiger partial charge in [-0.1, -0.05) is 42.5 Å². The summed E-state index contributed by atoms with van der Waals surface area (Å²) < 4.78 is 5.42. The topological polar surface area (TPSA) is 72.0 Å². The molecule has 0 radical (unpaired) electrons. The van der Waals surface area contributed by atoms with Crippen LogP contribution in [0.25, 0.3) is 21.7 Å². The molecule has 128 valence electrons. The molecular weight excluding hydrogens is 328 g/mol. The lowest BCUT2D eigenvalue weighted by Gasteiger charge is -2.10. The van der Waals surface area contributed by atoms with E-state index in [-0.39, 0.29) is 18.1 Å². The van der Waals surface area contributed by atoms with Gasteiger partial charge in [-0.2, -0.15) is 0 Å². The lowest BCUT2D eigenvalue weighted by atomic mass is 10.0. The fourth-order valence-corrected chi connectivity index (χ4v) is 3.01. The van der Waals surface area contributed by atoms with Crippen molar-refractivity contribution in [3.63, 3.8) is 0 Å². The first-order chi connectivity index (χ1) is 12.6. The van der Waals surface area contributed by atoms with E-state index in [1.165, 1.54) is 19.2 Å². The summed E-state index contributed by atoms with van der Waals surface area (Å²) in [5.74, 6) is -0.626.